The first-order valence-corrected chi connectivity index (χ1v) is 3.68. The molecule has 0 radical (unpaired) electrons. The van der Waals surface area contributed by atoms with E-state index in [1.807, 2.05) is 19.0 Å². The lowest BCUT2D eigenvalue weighted by Gasteiger charge is -2.09. The Balaban J connectivity index is 2.82. The van der Waals surface area contributed by atoms with Gasteiger partial charge in [-0.3, -0.25) is 0 Å². The second-order valence-electron chi connectivity index (χ2n) is 2.99. The van der Waals surface area contributed by atoms with Crippen molar-refractivity contribution in [2.24, 2.45) is 0 Å². The summed E-state index contributed by atoms with van der Waals surface area (Å²) in [6.07, 6.45) is 0. The van der Waals surface area contributed by atoms with Crippen molar-refractivity contribution in [1.29, 1.82) is 0 Å². The number of hydrogen-bond acceptors (Lipinski definition) is 1. The third-order valence-corrected chi connectivity index (χ3v) is 1.48. The molecule has 12 heavy (non-hydrogen) atoms. The predicted octanol–water partition coefficient (Wildman–Crippen LogP) is 2.03. The van der Waals surface area contributed by atoms with E-state index in [-0.39, 0.29) is 0 Å². The average Bonchev–Trinajstić information content (AvgIpc) is 1.96. The molecule has 0 amide bonds. The van der Waals surface area contributed by atoms with Gasteiger partial charge in [0.1, 0.15) is 0 Å². The van der Waals surface area contributed by atoms with Crippen molar-refractivity contribution in [2.45, 2.75) is 6.54 Å². The Labute approximate surface area is 70.6 Å². The zero-order valence-electron chi connectivity index (χ0n) is 7.14. The lowest BCUT2D eigenvalue weighted by Crippen LogP contribution is -2.10. The van der Waals surface area contributed by atoms with Crippen LogP contribution in [0.15, 0.2) is 18.2 Å². The molecule has 3 heteroatoms. The van der Waals surface area contributed by atoms with Crippen LogP contribution in [0, 0.1) is 11.6 Å². The van der Waals surface area contributed by atoms with Gasteiger partial charge in [-0.15, -0.1) is 0 Å². The van der Waals surface area contributed by atoms with Gasteiger partial charge in [-0.25, -0.2) is 8.78 Å². The van der Waals surface area contributed by atoms with E-state index < -0.39 is 11.6 Å². The molecule has 66 valence electrons. The van der Waals surface area contributed by atoms with Gasteiger partial charge in [0, 0.05) is 6.54 Å². The Hall–Kier alpha value is -0.960. The summed E-state index contributed by atoms with van der Waals surface area (Å²) in [5.41, 5.74) is 0.777. The molecule has 0 spiro atoms. The molecule has 0 fully saturated rings. The maximum Gasteiger partial charge on any atom is 0.159 e. The molecule has 0 aliphatic carbocycles. The van der Waals surface area contributed by atoms with E-state index in [0.29, 0.717) is 6.54 Å². The Kier molecular flexibility index (Phi) is 2.76. The lowest BCUT2D eigenvalue weighted by atomic mass is 10.2. The monoisotopic (exact) mass is 171 g/mol. The molecule has 1 aromatic rings. The van der Waals surface area contributed by atoms with Gasteiger partial charge in [-0.1, -0.05) is 6.07 Å². The van der Waals surface area contributed by atoms with E-state index in [1.54, 1.807) is 6.07 Å². The third-order valence-electron chi connectivity index (χ3n) is 1.48. The minimum absolute atomic E-state index is 0.622. The van der Waals surface area contributed by atoms with Gasteiger partial charge in [0.05, 0.1) is 0 Å². The van der Waals surface area contributed by atoms with Gasteiger partial charge < -0.3 is 4.90 Å². The molecule has 1 nitrogen and oxygen atoms in total. The molecule has 0 atom stereocenters. The Bertz CT molecular complexity index is 271. The summed E-state index contributed by atoms with van der Waals surface area (Å²) in [5, 5.41) is 0. The second kappa shape index (κ2) is 3.63. The number of halogens is 2. The van der Waals surface area contributed by atoms with Gasteiger partial charge in [-0.05, 0) is 31.8 Å². The van der Waals surface area contributed by atoms with E-state index in [9.17, 15) is 8.78 Å². The first-order valence-electron chi connectivity index (χ1n) is 3.68. The van der Waals surface area contributed by atoms with Crippen molar-refractivity contribution in [3.05, 3.63) is 35.4 Å². The Morgan fingerprint density at radius 1 is 1.17 bits per heavy atom. The highest BCUT2D eigenvalue weighted by atomic mass is 19.2. The Morgan fingerprint density at radius 2 is 1.83 bits per heavy atom. The lowest BCUT2D eigenvalue weighted by molar-refractivity contribution is 0.400. The molecule has 0 unspecified atom stereocenters. The first-order chi connectivity index (χ1) is 5.59. The van der Waals surface area contributed by atoms with E-state index in [0.717, 1.165) is 11.6 Å². The van der Waals surface area contributed by atoms with Crippen molar-refractivity contribution in [1.82, 2.24) is 4.90 Å². The normalized spacial score (nSPS) is 10.8. The molecule has 0 N–H and O–H groups in total. The molecular weight excluding hydrogens is 160 g/mol. The van der Waals surface area contributed by atoms with Crippen LogP contribution in [-0.4, -0.2) is 19.0 Å². The molecule has 0 saturated heterocycles. The molecule has 0 aromatic heterocycles. The van der Waals surface area contributed by atoms with Crippen LogP contribution in [0.5, 0.6) is 0 Å². The van der Waals surface area contributed by atoms with Gasteiger partial charge in [0.25, 0.3) is 0 Å². The van der Waals surface area contributed by atoms with Crippen LogP contribution in [0.25, 0.3) is 0 Å². The van der Waals surface area contributed by atoms with E-state index in [2.05, 4.69) is 0 Å². The second-order valence-corrected chi connectivity index (χ2v) is 2.99. The standard InChI is InChI=1S/C9H11F2N/c1-12(2)6-7-3-4-8(10)9(11)5-7/h3-5H,6H2,1-2H3. The summed E-state index contributed by atoms with van der Waals surface area (Å²) in [7, 11) is 3.75. The summed E-state index contributed by atoms with van der Waals surface area (Å²) < 4.78 is 25.1. The topological polar surface area (TPSA) is 3.24 Å². The zero-order chi connectivity index (χ0) is 9.14. The molecule has 0 aliphatic heterocycles. The molecule has 1 rings (SSSR count). The first kappa shape index (κ1) is 9.13. The minimum atomic E-state index is -0.794. The van der Waals surface area contributed by atoms with E-state index in [4.69, 9.17) is 0 Å². The molecule has 1 aromatic carbocycles. The molecule has 0 saturated carbocycles. The van der Waals surface area contributed by atoms with Crippen LogP contribution >= 0.6 is 0 Å². The minimum Gasteiger partial charge on any atom is -0.305 e. The van der Waals surface area contributed by atoms with Gasteiger partial charge in [0.15, 0.2) is 11.6 Å². The predicted molar refractivity (Wildman–Crippen MR) is 43.7 cm³/mol. The zero-order valence-corrected chi connectivity index (χ0v) is 7.14. The number of nitrogens with zero attached hydrogens (tertiary/aromatic N) is 1. The third kappa shape index (κ3) is 2.27. The van der Waals surface area contributed by atoms with Gasteiger partial charge >= 0.3 is 0 Å². The molecular formula is C9H11F2N. The van der Waals surface area contributed by atoms with Crippen LogP contribution in [0.3, 0.4) is 0 Å². The van der Waals surface area contributed by atoms with E-state index in [1.165, 1.54) is 6.07 Å². The average molecular weight is 171 g/mol. The summed E-state index contributed by atoms with van der Waals surface area (Å²) in [6, 6.07) is 3.95. The molecule has 0 bridgehead atoms. The van der Waals surface area contributed by atoms with Crippen molar-refractivity contribution in [2.75, 3.05) is 14.1 Å². The largest absolute Gasteiger partial charge is 0.305 e. The van der Waals surface area contributed by atoms with Crippen LogP contribution in [0.4, 0.5) is 8.78 Å². The summed E-state index contributed by atoms with van der Waals surface area (Å²) >= 11 is 0. The molecule has 0 heterocycles. The van der Waals surface area contributed by atoms with Gasteiger partial charge in [-0.2, -0.15) is 0 Å². The number of hydrogen-bond donors (Lipinski definition) is 0. The maximum absolute atomic E-state index is 12.6. The van der Waals surface area contributed by atoms with Crippen molar-refractivity contribution in [3.63, 3.8) is 0 Å². The smallest absolute Gasteiger partial charge is 0.159 e. The number of rotatable bonds is 2. The maximum atomic E-state index is 12.6. The fraction of sp³-hybridized carbons (Fsp3) is 0.333. The fourth-order valence-electron chi connectivity index (χ4n) is 1.00. The van der Waals surface area contributed by atoms with Crippen LogP contribution < -0.4 is 0 Å². The van der Waals surface area contributed by atoms with Crippen molar-refractivity contribution in [3.8, 4) is 0 Å². The van der Waals surface area contributed by atoms with Crippen LogP contribution in [0.2, 0.25) is 0 Å². The fourth-order valence-corrected chi connectivity index (χ4v) is 1.00. The van der Waals surface area contributed by atoms with Crippen molar-refractivity contribution >= 4 is 0 Å². The van der Waals surface area contributed by atoms with E-state index >= 15 is 0 Å². The van der Waals surface area contributed by atoms with Gasteiger partial charge in [0.2, 0.25) is 0 Å². The summed E-state index contributed by atoms with van der Waals surface area (Å²) in [6.45, 7) is 0.622. The highest BCUT2D eigenvalue weighted by Gasteiger charge is 2.02. The SMILES string of the molecule is CN(C)Cc1ccc(F)c(F)c1. The summed E-state index contributed by atoms with van der Waals surface area (Å²) in [4.78, 5) is 1.90. The van der Waals surface area contributed by atoms with Crippen molar-refractivity contribution < 1.29 is 8.78 Å². The Morgan fingerprint density at radius 3 is 2.33 bits per heavy atom. The number of benzene rings is 1. The summed E-state index contributed by atoms with van der Waals surface area (Å²) in [5.74, 6) is -1.58. The highest BCUT2D eigenvalue weighted by molar-refractivity contribution is 5.17. The molecule has 0 aliphatic rings. The van der Waals surface area contributed by atoms with Crippen LogP contribution in [-0.2, 0) is 6.54 Å². The highest BCUT2D eigenvalue weighted by Crippen LogP contribution is 2.09. The van der Waals surface area contributed by atoms with Crippen LogP contribution in [0.1, 0.15) is 5.56 Å². The quantitative estimate of drug-likeness (QED) is 0.658.